The van der Waals surface area contributed by atoms with Crippen LogP contribution in [0.25, 0.3) is 0 Å². The van der Waals surface area contributed by atoms with Crippen LogP contribution in [0.4, 0.5) is 5.69 Å². The average molecular weight is 257 g/mol. The van der Waals surface area contributed by atoms with Crippen molar-refractivity contribution in [2.75, 3.05) is 17.6 Å². The molecule has 1 rings (SSSR count). The minimum atomic E-state index is -3.88. The number of rotatable bonds is 6. The van der Waals surface area contributed by atoms with Crippen LogP contribution < -0.4 is 5.32 Å². The number of nitrogens with one attached hydrogen (secondary N) is 1. The smallest absolute Gasteiger partial charge is 0.264 e. The van der Waals surface area contributed by atoms with Gasteiger partial charge in [0.1, 0.15) is 0 Å². The molecular formula is C11H15NO4S. The van der Waals surface area contributed by atoms with E-state index in [1.165, 1.54) is 6.92 Å². The van der Waals surface area contributed by atoms with Gasteiger partial charge in [0.25, 0.3) is 10.1 Å². The van der Waals surface area contributed by atoms with Crippen LogP contribution in [0.5, 0.6) is 0 Å². The van der Waals surface area contributed by atoms with Gasteiger partial charge in [-0.15, -0.1) is 0 Å². The van der Waals surface area contributed by atoms with Crippen molar-refractivity contribution in [3.63, 3.8) is 0 Å². The standard InChI is InChI=1S/C11H15NO4S/c1-9(13)10-3-5-11(6-4-10)12-7-2-8-17(14,15)16/h3-6,12H,2,7-8H2,1H3,(H,14,15,16). The number of hydrogen-bond donors (Lipinski definition) is 2. The minimum Gasteiger partial charge on any atom is -0.385 e. The normalized spacial score (nSPS) is 11.2. The molecule has 0 fully saturated rings. The Hall–Kier alpha value is -1.40. The Bertz CT molecular complexity index is 479. The first-order chi connectivity index (χ1) is 7.88. The third-order valence-corrected chi connectivity index (χ3v) is 3.00. The quantitative estimate of drug-likeness (QED) is 0.459. The summed E-state index contributed by atoms with van der Waals surface area (Å²) in [6, 6.07) is 6.91. The van der Waals surface area contributed by atoms with Gasteiger partial charge in [-0.3, -0.25) is 9.35 Å². The van der Waals surface area contributed by atoms with Crippen LogP contribution in [0.1, 0.15) is 23.7 Å². The first-order valence-corrected chi connectivity index (χ1v) is 6.79. The van der Waals surface area contributed by atoms with Crippen LogP contribution in [-0.2, 0) is 10.1 Å². The van der Waals surface area contributed by atoms with Gasteiger partial charge < -0.3 is 5.32 Å². The lowest BCUT2D eigenvalue weighted by molar-refractivity contribution is 0.101. The molecule has 0 saturated carbocycles. The van der Waals surface area contributed by atoms with Crippen molar-refractivity contribution < 1.29 is 17.8 Å². The Kier molecular flexibility index (Phi) is 4.65. The number of hydrogen-bond acceptors (Lipinski definition) is 4. The second kappa shape index (κ2) is 5.79. The SMILES string of the molecule is CC(=O)c1ccc(NCCCS(=O)(=O)O)cc1. The second-order valence-corrected chi connectivity index (χ2v) is 5.27. The highest BCUT2D eigenvalue weighted by Gasteiger charge is 2.03. The number of carbonyl (C=O) groups excluding carboxylic acids is 1. The van der Waals surface area contributed by atoms with Crippen molar-refractivity contribution in [2.24, 2.45) is 0 Å². The fraction of sp³-hybridized carbons (Fsp3) is 0.364. The van der Waals surface area contributed by atoms with Crippen LogP contribution in [0.3, 0.4) is 0 Å². The molecule has 5 nitrogen and oxygen atoms in total. The van der Waals surface area contributed by atoms with E-state index in [-0.39, 0.29) is 11.5 Å². The maximum Gasteiger partial charge on any atom is 0.264 e. The molecule has 0 aliphatic rings. The number of ketones is 1. The zero-order valence-electron chi connectivity index (χ0n) is 9.51. The number of benzene rings is 1. The Morgan fingerprint density at radius 2 is 1.88 bits per heavy atom. The van der Waals surface area contributed by atoms with E-state index in [1.54, 1.807) is 24.3 Å². The van der Waals surface area contributed by atoms with Gasteiger partial charge in [-0.1, -0.05) is 0 Å². The molecule has 0 radical (unpaired) electrons. The summed E-state index contributed by atoms with van der Waals surface area (Å²) in [6.07, 6.45) is 0.327. The number of Topliss-reactive ketones (excluding diaryl/α,β-unsaturated/α-hetero) is 1. The molecule has 0 unspecified atom stereocenters. The summed E-state index contributed by atoms with van der Waals surface area (Å²) in [4.78, 5) is 11.0. The Balaban J connectivity index is 2.40. The lowest BCUT2D eigenvalue weighted by Crippen LogP contribution is -2.10. The summed E-state index contributed by atoms with van der Waals surface area (Å²) in [5, 5.41) is 3.00. The van der Waals surface area contributed by atoms with Crippen LogP contribution in [0, 0.1) is 0 Å². The minimum absolute atomic E-state index is 0.00271. The van der Waals surface area contributed by atoms with Gasteiger partial charge in [-0.05, 0) is 37.6 Å². The van der Waals surface area contributed by atoms with Gasteiger partial charge in [0.15, 0.2) is 5.78 Å². The zero-order chi connectivity index (χ0) is 12.9. The Morgan fingerprint density at radius 1 is 1.29 bits per heavy atom. The van der Waals surface area contributed by atoms with Crippen LogP contribution in [0.2, 0.25) is 0 Å². The van der Waals surface area contributed by atoms with E-state index >= 15 is 0 Å². The summed E-state index contributed by atoms with van der Waals surface area (Å²) in [5.74, 6) is -0.256. The van der Waals surface area contributed by atoms with E-state index in [4.69, 9.17) is 4.55 Å². The summed E-state index contributed by atoms with van der Waals surface area (Å²) < 4.78 is 29.4. The molecule has 6 heteroatoms. The maximum absolute atomic E-state index is 11.0. The molecule has 1 aromatic carbocycles. The second-order valence-electron chi connectivity index (χ2n) is 3.70. The van der Waals surface area contributed by atoms with Gasteiger partial charge in [0.2, 0.25) is 0 Å². The van der Waals surface area contributed by atoms with Gasteiger partial charge in [-0.2, -0.15) is 8.42 Å². The predicted octanol–water partition coefficient (Wildman–Crippen LogP) is 1.58. The fourth-order valence-corrected chi connectivity index (χ4v) is 1.82. The molecule has 2 N–H and O–H groups in total. The predicted molar refractivity (Wildman–Crippen MR) is 66.0 cm³/mol. The van der Waals surface area contributed by atoms with E-state index in [9.17, 15) is 13.2 Å². The molecule has 17 heavy (non-hydrogen) atoms. The van der Waals surface area contributed by atoms with Crippen molar-refractivity contribution in [3.05, 3.63) is 29.8 Å². The van der Waals surface area contributed by atoms with E-state index in [2.05, 4.69) is 5.32 Å². The van der Waals surface area contributed by atoms with E-state index in [0.29, 0.717) is 18.5 Å². The molecule has 94 valence electrons. The number of anilines is 1. The lowest BCUT2D eigenvalue weighted by Gasteiger charge is -2.05. The lowest BCUT2D eigenvalue weighted by atomic mass is 10.1. The molecule has 0 bridgehead atoms. The van der Waals surface area contributed by atoms with Crippen molar-refractivity contribution in [2.45, 2.75) is 13.3 Å². The van der Waals surface area contributed by atoms with Crippen molar-refractivity contribution in [1.82, 2.24) is 0 Å². The van der Waals surface area contributed by atoms with E-state index < -0.39 is 10.1 Å². The number of carbonyl (C=O) groups is 1. The van der Waals surface area contributed by atoms with Crippen LogP contribution in [-0.4, -0.2) is 31.1 Å². The molecule has 0 amide bonds. The van der Waals surface area contributed by atoms with E-state index in [1.807, 2.05) is 0 Å². The molecule has 0 aromatic heterocycles. The monoisotopic (exact) mass is 257 g/mol. The van der Waals surface area contributed by atoms with Gasteiger partial charge in [-0.25, -0.2) is 0 Å². The summed E-state index contributed by atoms with van der Waals surface area (Å²) in [6.45, 7) is 1.94. The third-order valence-electron chi connectivity index (χ3n) is 2.20. The van der Waals surface area contributed by atoms with Crippen molar-refractivity contribution >= 4 is 21.6 Å². The van der Waals surface area contributed by atoms with Gasteiger partial charge >= 0.3 is 0 Å². The molecular weight excluding hydrogens is 242 g/mol. The first-order valence-electron chi connectivity index (χ1n) is 5.18. The zero-order valence-corrected chi connectivity index (χ0v) is 10.3. The van der Waals surface area contributed by atoms with Crippen LogP contribution >= 0.6 is 0 Å². The Morgan fingerprint density at radius 3 is 2.35 bits per heavy atom. The highest BCUT2D eigenvalue weighted by molar-refractivity contribution is 7.85. The highest BCUT2D eigenvalue weighted by atomic mass is 32.2. The highest BCUT2D eigenvalue weighted by Crippen LogP contribution is 2.09. The summed E-state index contributed by atoms with van der Waals surface area (Å²) in [7, 11) is -3.88. The summed E-state index contributed by atoms with van der Waals surface area (Å²) in [5.41, 5.74) is 1.44. The Labute approximate surface area is 101 Å². The van der Waals surface area contributed by atoms with Crippen molar-refractivity contribution in [1.29, 1.82) is 0 Å². The summed E-state index contributed by atoms with van der Waals surface area (Å²) >= 11 is 0. The van der Waals surface area contributed by atoms with Gasteiger partial charge in [0, 0.05) is 17.8 Å². The van der Waals surface area contributed by atoms with E-state index in [0.717, 1.165) is 5.69 Å². The molecule has 1 aromatic rings. The molecule has 0 aliphatic carbocycles. The topological polar surface area (TPSA) is 83.5 Å². The molecule has 0 heterocycles. The first kappa shape index (κ1) is 13.7. The third kappa shape index (κ3) is 5.46. The average Bonchev–Trinajstić information content (AvgIpc) is 2.24. The van der Waals surface area contributed by atoms with Crippen LogP contribution in [0.15, 0.2) is 24.3 Å². The largest absolute Gasteiger partial charge is 0.385 e. The molecule has 0 saturated heterocycles. The molecule has 0 atom stereocenters. The fourth-order valence-electron chi connectivity index (χ4n) is 1.31. The maximum atomic E-state index is 11.0. The molecule has 0 aliphatic heterocycles. The van der Waals surface area contributed by atoms with Crippen molar-refractivity contribution in [3.8, 4) is 0 Å². The van der Waals surface area contributed by atoms with Gasteiger partial charge in [0.05, 0.1) is 5.75 Å². The molecule has 0 spiro atoms.